The highest BCUT2D eigenvalue weighted by Crippen LogP contribution is 2.41. The van der Waals surface area contributed by atoms with E-state index in [1.807, 2.05) is 6.92 Å². The molecule has 0 saturated heterocycles. The second kappa shape index (κ2) is 6.51. The maximum Gasteiger partial charge on any atom is 0.296 e. The summed E-state index contributed by atoms with van der Waals surface area (Å²) in [6.07, 6.45) is 1.93. The molecule has 0 fully saturated rings. The Balaban J connectivity index is 2.45. The van der Waals surface area contributed by atoms with E-state index in [4.69, 9.17) is 0 Å². The first kappa shape index (κ1) is 17.5. The van der Waals surface area contributed by atoms with Crippen LogP contribution in [0.4, 0.5) is 11.4 Å². The van der Waals surface area contributed by atoms with Crippen molar-refractivity contribution < 1.29 is 10.0 Å². The first-order valence-corrected chi connectivity index (χ1v) is 8.18. The molecule has 134 valence electrons. The molecule has 0 unspecified atom stereocenters. The zero-order valence-electron chi connectivity index (χ0n) is 14.7. The number of nitrogens with zero attached hydrogens (tertiary/aromatic N) is 2. The zero-order chi connectivity index (χ0) is 19.0. The van der Waals surface area contributed by atoms with E-state index in [2.05, 4.69) is 4.98 Å². The van der Waals surface area contributed by atoms with Crippen molar-refractivity contribution in [1.82, 2.24) is 4.98 Å². The third-order valence-corrected chi connectivity index (χ3v) is 4.47. The molecule has 0 atom stereocenters. The minimum atomic E-state index is -0.384. The Labute approximate surface area is 149 Å². The first-order valence-electron chi connectivity index (χ1n) is 8.18. The molecule has 2 N–H and O–H groups in total. The molecule has 3 aromatic rings. The maximum atomic E-state index is 12.1. The molecule has 1 heterocycles. The average molecular weight is 353 g/mol. The van der Waals surface area contributed by atoms with E-state index in [1.54, 1.807) is 43.3 Å². The van der Waals surface area contributed by atoms with Gasteiger partial charge < -0.3 is 15.0 Å². The smallest absolute Gasteiger partial charge is 0.296 e. The van der Waals surface area contributed by atoms with Gasteiger partial charge in [0.25, 0.3) is 11.2 Å². The Hall–Kier alpha value is -3.35. The number of anilines is 1. The van der Waals surface area contributed by atoms with Crippen molar-refractivity contribution >= 4 is 22.1 Å². The predicted molar refractivity (Wildman–Crippen MR) is 102 cm³/mol. The number of fused-ring (bicyclic) bond motifs is 1. The highest BCUT2D eigenvalue weighted by atomic mass is 16.6. The summed E-state index contributed by atoms with van der Waals surface area (Å²) in [5.41, 5.74) is 1.95. The number of hydrogen-bond donors (Lipinski definition) is 2. The van der Waals surface area contributed by atoms with Gasteiger partial charge in [-0.25, -0.2) is 0 Å². The van der Waals surface area contributed by atoms with E-state index in [9.17, 15) is 20.0 Å². The van der Waals surface area contributed by atoms with Gasteiger partial charge in [0.15, 0.2) is 0 Å². The molecule has 0 aliphatic heterocycles. The van der Waals surface area contributed by atoms with E-state index < -0.39 is 0 Å². The summed E-state index contributed by atoms with van der Waals surface area (Å²) in [7, 11) is 3.51. The Morgan fingerprint density at radius 3 is 2.54 bits per heavy atom. The van der Waals surface area contributed by atoms with Crippen molar-refractivity contribution in [2.24, 2.45) is 0 Å². The quantitative estimate of drug-likeness (QED) is 0.553. The number of phenolic OH excluding ortho intramolecular Hbond substituents is 1. The first-order chi connectivity index (χ1) is 12.4. The number of pyridine rings is 1. The van der Waals surface area contributed by atoms with E-state index in [1.165, 1.54) is 12.3 Å². The second-order valence-electron chi connectivity index (χ2n) is 6.20. The van der Waals surface area contributed by atoms with Gasteiger partial charge in [0.1, 0.15) is 11.4 Å². The molecular formula is C19H19N3O4. The number of hydrogen-bond acceptors (Lipinski definition) is 5. The number of aromatic hydroxyl groups is 1. The predicted octanol–water partition coefficient (Wildman–Crippen LogP) is 3.44. The number of aromatic nitrogens is 1. The van der Waals surface area contributed by atoms with Crippen LogP contribution >= 0.6 is 0 Å². The molecule has 26 heavy (non-hydrogen) atoms. The van der Waals surface area contributed by atoms with E-state index >= 15 is 0 Å². The highest BCUT2D eigenvalue weighted by Gasteiger charge is 2.25. The SMILES string of the molecule is CCc1c(-c2c[nH]c(=O)c3cccc(O)c23)ccc(N(C)C)c1[N+](=O)[O-]. The van der Waals surface area contributed by atoms with Gasteiger partial charge in [-0.1, -0.05) is 19.1 Å². The molecule has 0 spiro atoms. The number of phenols is 1. The van der Waals surface area contributed by atoms with E-state index in [-0.39, 0.29) is 21.9 Å². The lowest BCUT2D eigenvalue weighted by Gasteiger charge is -2.18. The van der Waals surface area contributed by atoms with Crippen LogP contribution in [0, 0.1) is 10.1 Å². The molecule has 1 aromatic heterocycles. The number of nitro benzene ring substituents is 1. The van der Waals surface area contributed by atoms with Crippen LogP contribution in [-0.4, -0.2) is 29.1 Å². The third kappa shape index (κ3) is 2.67. The molecular weight excluding hydrogens is 334 g/mol. The lowest BCUT2D eigenvalue weighted by molar-refractivity contribution is -0.384. The molecule has 0 bridgehead atoms. The standard InChI is InChI=1S/C19H19N3O4/c1-4-11-12(8-9-15(21(2)3)18(11)22(25)26)14-10-20-19(24)13-6-5-7-16(23)17(13)14/h5-10,23H,4H2,1-3H3,(H,20,24). The lowest BCUT2D eigenvalue weighted by Crippen LogP contribution is -2.13. The van der Waals surface area contributed by atoms with Crippen molar-refractivity contribution in [2.75, 3.05) is 19.0 Å². The van der Waals surface area contributed by atoms with Crippen molar-refractivity contribution in [3.8, 4) is 16.9 Å². The Kier molecular flexibility index (Phi) is 4.38. The Morgan fingerprint density at radius 1 is 1.19 bits per heavy atom. The van der Waals surface area contributed by atoms with Crippen LogP contribution in [-0.2, 0) is 6.42 Å². The number of H-pyrrole nitrogens is 1. The van der Waals surface area contributed by atoms with Crippen LogP contribution in [0.5, 0.6) is 5.75 Å². The summed E-state index contributed by atoms with van der Waals surface area (Å²) in [6.45, 7) is 1.85. The van der Waals surface area contributed by atoms with Crippen LogP contribution in [0.2, 0.25) is 0 Å². The lowest BCUT2D eigenvalue weighted by atomic mass is 9.93. The molecule has 7 nitrogen and oxygen atoms in total. The summed E-state index contributed by atoms with van der Waals surface area (Å²) >= 11 is 0. The second-order valence-corrected chi connectivity index (χ2v) is 6.20. The van der Waals surface area contributed by atoms with Gasteiger partial charge in [0.05, 0.1) is 10.3 Å². The Bertz CT molecular complexity index is 1070. The van der Waals surface area contributed by atoms with Gasteiger partial charge >= 0.3 is 0 Å². The van der Waals surface area contributed by atoms with Crippen molar-refractivity contribution in [1.29, 1.82) is 0 Å². The average Bonchev–Trinajstić information content (AvgIpc) is 2.61. The minimum Gasteiger partial charge on any atom is -0.507 e. The van der Waals surface area contributed by atoms with Gasteiger partial charge in [-0.15, -0.1) is 0 Å². The molecule has 3 rings (SSSR count). The third-order valence-electron chi connectivity index (χ3n) is 4.47. The topological polar surface area (TPSA) is 99.5 Å². The summed E-state index contributed by atoms with van der Waals surface area (Å²) in [4.78, 5) is 27.8. The monoisotopic (exact) mass is 353 g/mol. The normalized spacial score (nSPS) is 10.9. The van der Waals surface area contributed by atoms with Crippen LogP contribution in [0.3, 0.4) is 0 Å². The fraction of sp³-hybridized carbons (Fsp3) is 0.211. The Morgan fingerprint density at radius 2 is 1.92 bits per heavy atom. The van der Waals surface area contributed by atoms with Crippen molar-refractivity contribution in [3.05, 3.63) is 62.6 Å². The van der Waals surface area contributed by atoms with Crippen molar-refractivity contribution in [2.45, 2.75) is 13.3 Å². The van der Waals surface area contributed by atoms with Gasteiger partial charge in [0, 0.05) is 36.8 Å². The summed E-state index contributed by atoms with van der Waals surface area (Å²) in [6, 6.07) is 8.18. The van der Waals surface area contributed by atoms with E-state index in [0.717, 1.165) is 0 Å². The van der Waals surface area contributed by atoms with Gasteiger partial charge in [-0.3, -0.25) is 14.9 Å². The fourth-order valence-corrected chi connectivity index (χ4v) is 3.31. The highest BCUT2D eigenvalue weighted by molar-refractivity contribution is 6.01. The summed E-state index contributed by atoms with van der Waals surface area (Å²) < 4.78 is 0. The van der Waals surface area contributed by atoms with Crippen LogP contribution in [0.25, 0.3) is 21.9 Å². The maximum absolute atomic E-state index is 12.1. The molecule has 7 heteroatoms. The number of rotatable bonds is 4. The number of nitro groups is 1. The molecule has 0 aliphatic rings. The van der Waals surface area contributed by atoms with Crippen LogP contribution in [0.1, 0.15) is 12.5 Å². The molecule has 0 aliphatic carbocycles. The van der Waals surface area contributed by atoms with Crippen molar-refractivity contribution in [3.63, 3.8) is 0 Å². The fourth-order valence-electron chi connectivity index (χ4n) is 3.31. The molecule has 0 amide bonds. The molecule has 0 saturated carbocycles. The molecule has 0 radical (unpaired) electrons. The van der Waals surface area contributed by atoms with Crippen LogP contribution < -0.4 is 10.5 Å². The largest absolute Gasteiger partial charge is 0.507 e. The molecule has 2 aromatic carbocycles. The van der Waals surface area contributed by atoms with Gasteiger partial charge in [-0.2, -0.15) is 0 Å². The minimum absolute atomic E-state index is 0.0322. The summed E-state index contributed by atoms with van der Waals surface area (Å²) in [5, 5.41) is 22.8. The number of aromatic amines is 1. The van der Waals surface area contributed by atoms with Gasteiger partial charge in [-0.05, 0) is 30.2 Å². The van der Waals surface area contributed by atoms with Gasteiger partial charge in [0.2, 0.25) is 0 Å². The zero-order valence-corrected chi connectivity index (χ0v) is 14.7. The summed E-state index contributed by atoms with van der Waals surface area (Å²) in [5.74, 6) is -0.0370. The number of benzene rings is 2. The number of nitrogens with one attached hydrogen (secondary N) is 1. The van der Waals surface area contributed by atoms with E-state index in [0.29, 0.717) is 39.6 Å². The van der Waals surface area contributed by atoms with Crippen LogP contribution in [0.15, 0.2) is 41.3 Å².